The van der Waals surface area contributed by atoms with E-state index in [1.807, 2.05) is 12.1 Å². The van der Waals surface area contributed by atoms with Crippen molar-refractivity contribution < 1.29 is 19.5 Å². The summed E-state index contributed by atoms with van der Waals surface area (Å²) in [5, 5.41) is 12.1. The largest absolute Gasteiger partial charge is 0.481 e. The third-order valence-electron chi connectivity index (χ3n) is 5.92. The first-order chi connectivity index (χ1) is 13.4. The number of nitrogens with one attached hydrogen (secondary N) is 1. The van der Waals surface area contributed by atoms with Gasteiger partial charge in [0, 0.05) is 37.8 Å². The van der Waals surface area contributed by atoms with E-state index in [1.165, 1.54) is 11.1 Å². The average molecular weight is 387 g/mol. The molecule has 28 heavy (non-hydrogen) atoms. The van der Waals surface area contributed by atoms with Crippen LogP contribution in [0.5, 0.6) is 0 Å². The molecular formula is C21H29N3O4. The fraction of sp³-hybridized carbons (Fsp3) is 0.571. The van der Waals surface area contributed by atoms with Crippen LogP contribution in [-0.4, -0.2) is 58.5 Å². The minimum Gasteiger partial charge on any atom is -0.481 e. The number of likely N-dealkylation sites (tertiary alicyclic amines) is 2. The molecule has 0 bridgehead atoms. The number of aryl methyl sites for hydroxylation is 2. The van der Waals surface area contributed by atoms with E-state index in [0.29, 0.717) is 25.9 Å². The molecule has 3 amide bonds. The zero-order valence-corrected chi connectivity index (χ0v) is 16.6. The number of benzene rings is 1. The lowest BCUT2D eigenvalue weighted by atomic mass is 10.0. The molecule has 2 aliphatic heterocycles. The molecule has 2 heterocycles. The van der Waals surface area contributed by atoms with Crippen molar-refractivity contribution in [1.29, 1.82) is 0 Å². The molecule has 0 radical (unpaired) electrons. The molecule has 152 valence electrons. The molecule has 1 unspecified atom stereocenters. The smallest absolute Gasteiger partial charge is 0.321 e. The second-order valence-corrected chi connectivity index (χ2v) is 7.62. The Morgan fingerprint density at radius 2 is 1.82 bits per heavy atom. The Morgan fingerprint density at radius 3 is 2.39 bits per heavy atom. The highest BCUT2D eigenvalue weighted by atomic mass is 16.4. The molecule has 1 aromatic rings. The molecule has 7 heteroatoms. The number of anilines is 1. The van der Waals surface area contributed by atoms with Crippen LogP contribution < -0.4 is 5.32 Å². The number of carboxylic acids is 1. The van der Waals surface area contributed by atoms with Crippen molar-refractivity contribution in [1.82, 2.24) is 9.80 Å². The predicted octanol–water partition coefficient (Wildman–Crippen LogP) is 2.74. The van der Waals surface area contributed by atoms with Crippen molar-refractivity contribution in [2.75, 3.05) is 25.0 Å². The Bertz CT molecular complexity index is 756. The van der Waals surface area contributed by atoms with Crippen molar-refractivity contribution in [3.8, 4) is 0 Å². The Labute approximate surface area is 165 Å². The third-order valence-corrected chi connectivity index (χ3v) is 5.92. The number of nitrogens with zero attached hydrogens (tertiary/aromatic N) is 2. The first-order valence-corrected chi connectivity index (χ1v) is 10.1. The zero-order chi connectivity index (χ0) is 20.3. The molecule has 2 saturated heterocycles. The van der Waals surface area contributed by atoms with Crippen LogP contribution in [0.1, 0.15) is 44.2 Å². The van der Waals surface area contributed by atoms with E-state index in [1.54, 1.807) is 9.80 Å². The van der Waals surface area contributed by atoms with Gasteiger partial charge >= 0.3 is 12.0 Å². The Kier molecular flexibility index (Phi) is 6.21. The maximum atomic E-state index is 12.6. The van der Waals surface area contributed by atoms with Crippen molar-refractivity contribution in [2.24, 2.45) is 5.92 Å². The summed E-state index contributed by atoms with van der Waals surface area (Å²) in [5.41, 5.74) is 3.36. The second kappa shape index (κ2) is 8.63. The standard InChI is InChI=1S/C21H29N3O4/c1-3-14-5-6-17(11-15(14)4-2)22-21(28)23-9-7-18(8-10-23)24-13-16(20(26)27)12-19(24)25/h5-6,11,16,18H,3-4,7-10,12-13H2,1-2H3,(H,22,28)(H,26,27). The van der Waals surface area contributed by atoms with Gasteiger partial charge in [0.2, 0.25) is 5.91 Å². The van der Waals surface area contributed by atoms with E-state index >= 15 is 0 Å². The highest BCUT2D eigenvalue weighted by molar-refractivity contribution is 5.89. The molecule has 0 aliphatic carbocycles. The second-order valence-electron chi connectivity index (χ2n) is 7.62. The van der Waals surface area contributed by atoms with Gasteiger partial charge < -0.3 is 20.2 Å². The summed E-state index contributed by atoms with van der Waals surface area (Å²) in [6.45, 7) is 5.64. The van der Waals surface area contributed by atoms with E-state index in [4.69, 9.17) is 5.11 Å². The number of piperidine rings is 1. The van der Waals surface area contributed by atoms with Gasteiger partial charge in [-0.3, -0.25) is 9.59 Å². The lowest BCUT2D eigenvalue weighted by Crippen LogP contribution is -2.48. The fourth-order valence-corrected chi connectivity index (χ4v) is 4.21. The van der Waals surface area contributed by atoms with Gasteiger partial charge in [-0.15, -0.1) is 0 Å². The van der Waals surface area contributed by atoms with Gasteiger partial charge in [-0.1, -0.05) is 19.9 Å². The topological polar surface area (TPSA) is 90.0 Å². The number of carbonyl (C=O) groups is 3. The summed E-state index contributed by atoms with van der Waals surface area (Å²) in [5.74, 6) is -1.60. The fourth-order valence-electron chi connectivity index (χ4n) is 4.21. The maximum absolute atomic E-state index is 12.6. The maximum Gasteiger partial charge on any atom is 0.321 e. The predicted molar refractivity (Wildman–Crippen MR) is 106 cm³/mol. The van der Waals surface area contributed by atoms with Crippen LogP contribution in [0.15, 0.2) is 18.2 Å². The first kappa shape index (κ1) is 20.2. The van der Waals surface area contributed by atoms with E-state index in [9.17, 15) is 14.4 Å². The summed E-state index contributed by atoms with van der Waals surface area (Å²) < 4.78 is 0. The van der Waals surface area contributed by atoms with Crippen LogP contribution in [0.3, 0.4) is 0 Å². The molecule has 0 saturated carbocycles. The molecule has 0 aromatic heterocycles. The van der Waals surface area contributed by atoms with Gasteiger partial charge in [-0.05, 0) is 48.9 Å². The van der Waals surface area contributed by atoms with Gasteiger partial charge in [0.15, 0.2) is 0 Å². The number of amides is 3. The van der Waals surface area contributed by atoms with E-state index < -0.39 is 11.9 Å². The van der Waals surface area contributed by atoms with Crippen molar-refractivity contribution in [3.05, 3.63) is 29.3 Å². The summed E-state index contributed by atoms with van der Waals surface area (Å²) in [4.78, 5) is 39.3. The van der Waals surface area contributed by atoms with Crippen molar-refractivity contribution in [2.45, 2.75) is 52.0 Å². The van der Waals surface area contributed by atoms with Crippen LogP contribution in [0.25, 0.3) is 0 Å². The van der Waals surface area contributed by atoms with E-state index in [-0.39, 0.29) is 30.9 Å². The Hall–Kier alpha value is -2.57. The molecule has 3 rings (SSSR count). The van der Waals surface area contributed by atoms with Crippen LogP contribution in [-0.2, 0) is 22.4 Å². The van der Waals surface area contributed by atoms with E-state index in [2.05, 4.69) is 25.2 Å². The van der Waals surface area contributed by atoms with Gasteiger partial charge in [0.1, 0.15) is 0 Å². The number of urea groups is 1. The first-order valence-electron chi connectivity index (χ1n) is 10.1. The summed E-state index contributed by atoms with van der Waals surface area (Å²) in [6, 6.07) is 5.95. The molecule has 1 aromatic carbocycles. The minimum atomic E-state index is -0.909. The molecule has 2 fully saturated rings. The van der Waals surface area contributed by atoms with Crippen molar-refractivity contribution in [3.63, 3.8) is 0 Å². The third kappa shape index (κ3) is 4.29. The molecule has 2 N–H and O–H groups in total. The summed E-state index contributed by atoms with van der Waals surface area (Å²) >= 11 is 0. The highest BCUT2D eigenvalue weighted by Gasteiger charge is 2.39. The highest BCUT2D eigenvalue weighted by Crippen LogP contribution is 2.26. The number of carboxylic acid groups (broad SMARTS) is 1. The number of carbonyl (C=O) groups excluding carboxylic acids is 2. The lowest BCUT2D eigenvalue weighted by Gasteiger charge is -2.36. The normalized spacial score (nSPS) is 20.5. The molecule has 7 nitrogen and oxygen atoms in total. The van der Waals surface area contributed by atoms with E-state index in [0.717, 1.165) is 18.5 Å². The quantitative estimate of drug-likeness (QED) is 0.813. The summed E-state index contributed by atoms with van der Waals surface area (Å²) in [6.07, 6.45) is 3.35. The SMILES string of the molecule is CCc1ccc(NC(=O)N2CCC(N3CC(C(=O)O)CC3=O)CC2)cc1CC. The van der Waals surface area contributed by atoms with Gasteiger partial charge in [0.25, 0.3) is 0 Å². The van der Waals surface area contributed by atoms with Gasteiger partial charge in [-0.2, -0.15) is 0 Å². The molecular weight excluding hydrogens is 358 g/mol. The average Bonchev–Trinajstić information content (AvgIpc) is 3.10. The van der Waals surface area contributed by atoms with Gasteiger partial charge in [-0.25, -0.2) is 4.79 Å². The lowest BCUT2D eigenvalue weighted by molar-refractivity contribution is -0.141. The van der Waals surface area contributed by atoms with Gasteiger partial charge in [0.05, 0.1) is 5.92 Å². The van der Waals surface area contributed by atoms with Crippen LogP contribution in [0.2, 0.25) is 0 Å². The number of aliphatic carboxylic acids is 1. The van der Waals surface area contributed by atoms with Crippen LogP contribution in [0, 0.1) is 5.92 Å². The Morgan fingerprint density at radius 1 is 1.14 bits per heavy atom. The monoisotopic (exact) mass is 387 g/mol. The number of hydrogen-bond acceptors (Lipinski definition) is 3. The van der Waals surface area contributed by atoms with Crippen molar-refractivity contribution >= 4 is 23.6 Å². The number of hydrogen-bond donors (Lipinski definition) is 2. The van der Waals surface area contributed by atoms with Crippen LogP contribution in [0.4, 0.5) is 10.5 Å². The minimum absolute atomic E-state index is 0.0245. The number of rotatable bonds is 5. The molecule has 2 aliphatic rings. The summed E-state index contributed by atoms with van der Waals surface area (Å²) in [7, 11) is 0. The zero-order valence-electron chi connectivity index (χ0n) is 16.6. The Balaban J connectivity index is 1.54. The molecule has 0 spiro atoms. The van der Waals surface area contributed by atoms with Crippen LogP contribution >= 0.6 is 0 Å². The molecule has 1 atom stereocenters.